The van der Waals surface area contributed by atoms with Gasteiger partial charge >= 0.3 is 0 Å². The quantitative estimate of drug-likeness (QED) is 0.422. The maximum atomic E-state index is 12.3. The Balaban J connectivity index is 1.53. The molecule has 3 rings (SSSR count). The number of aryl methyl sites for hydroxylation is 1. The molecule has 0 radical (unpaired) electrons. The Hall–Kier alpha value is -3.01. The number of rotatable bonds is 10. The second-order valence-corrected chi connectivity index (χ2v) is 7.96. The van der Waals surface area contributed by atoms with Gasteiger partial charge in [0, 0.05) is 32.9 Å². The van der Waals surface area contributed by atoms with Crippen molar-refractivity contribution in [1.29, 1.82) is 0 Å². The lowest BCUT2D eigenvalue weighted by Crippen LogP contribution is -2.45. The summed E-state index contributed by atoms with van der Waals surface area (Å²) in [5, 5.41) is 9.99. The summed E-state index contributed by atoms with van der Waals surface area (Å²) in [6.07, 6.45) is 7.83. The third-order valence-corrected chi connectivity index (χ3v) is 5.39. The molecule has 1 aliphatic carbocycles. The lowest BCUT2D eigenvalue weighted by atomic mass is 9.89. The maximum absolute atomic E-state index is 12.3. The van der Waals surface area contributed by atoms with E-state index in [-0.39, 0.29) is 18.2 Å². The van der Waals surface area contributed by atoms with Crippen LogP contribution in [-0.2, 0) is 26.3 Å². The van der Waals surface area contributed by atoms with Gasteiger partial charge in [0.2, 0.25) is 23.6 Å². The number of carbonyl (C=O) groups excluding carboxylic acids is 2. The first-order valence-corrected chi connectivity index (χ1v) is 11.0. The number of nitrogens with zero attached hydrogens (tertiary/aromatic N) is 3. The monoisotopic (exact) mass is 445 g/mol. The highest BCUT2D eigenvalue weighted by atomic mass is 16.5. The summed E-state index contributed by atoms with van der Waals surface area (Å²) in [6, 6.07) is 3.41. The molecule has 0 saturated heterocycles. The first kappa shape index (κ1) is 23.6. The third-order valence-electron chi connectivity index (χ3n) is 5.39. The lowest BCUT2D eigenvalue weighted by molar-refractivity contribution is -0.121. The van der Waals surface area contributed by atoms with Gasteiger partial charge in [-0.2, -0.15) is 4.98 Å². The van der Waals surface area contributed by atoms with Crippen molar-refractivity contribution in [1.82, 2.24) is 20.4 Å². The van der Waals surface area contributed by atoms with Gasteiger partial charge in [-0.3, -0.25) is 9.59 Å². The number of anilines is 1. The molecule has 1 aliphatic rings. The minimum Gasteiger partial charge on any atom is -0.475 e. The van der Waals surface area contributed by atoms with Crippen molar-refractivity contribution in [2.24, 2.45) is 0 Å². The van der Waals surface area contributed by atoms with Crippen LogP contribution < -0.4 is 15.4 Å². The molecule has 32 heavy (non-hydrogen) atoms. The van der Waals surface area contributed by atoms with Crippen LogP contribution in [-0.4, -0.2) is 47.3 Å². The van der Waals surface area contributed by atoms with Crippen molar-refractivity contribution >= 4 is 17.5 Å². The normalized spacial score (nSPS) is 15.6. The van der Waals surface area contributed by atoms with E-state index in [4.69, 9.17) is 14.0 Å². The Morgan fingerprint density at radius 2 is 1.94 bits per heavy atom. The molecule has 10 nitrogen and oxygen atoms in total. The first-order valence-electron chi connectivity index (χ1n) is 11.0. The number of amides is 2. The van der Waals surface area contributed by atoms with Gasteiger partial charge in [-0.15, -0.1) is 0 Å². The summed E-state index contributed by atoms with van der Waals surface area (Å²) >= 11 is 0. The molecular formula is C22H31N5O5. The van der Waals surface area contributed by atoms with Crippen LogP contribution in [0.15, 0.2) is 22.9 Å². The van der Waals surface area contributed by atoms with Crippen LogP contribution in [0.1, 0.15) is 63.6 Å². The fourth-order valence-corrected chi connectivity index (χ4v) is 3.84. The molecule has 10 heteroatoms. The van der Waals surface area contributed by atoms with Crippen LogP contribution in [0.25, 0.3) is 0 Å². The van der Waals surface area contributed by atoms with Crippen LogP contribution in [0, 0.1) is 0 Å². The molecule has 1 saturated carbocycles. The van der Waals surface area contributed by atoms with Crippen LogP contribution >= 0.6 is 0 Å². The number of ether oxygens (including phenoxy) is 2. The topological polar surface area (TPSA) is 128 Å². The van der Waals surface area contributed by atoms with Gasteiger partial charge in [0.1, 0.15) is 12.1 Å². The maximum Gasteiger partial charge on any atom is 0.227 e. The Bertz CT molecular complexity index is 875. The van der Waals surface area contributed by atoms with Crippen molar-refractivity contribution in [2.45, 2.75) is 63.8 Å². The summed E-state index contributed by atoms with van der Waals surface area (Å²) in [6.45, 7) is 2.39. The number of nitrogens with one attached hydrogen (secondary N) is 2. The van der Waals surface area contributed by atoms with Crippen molar-refractivity contribution in [3.63, 3.8) is 0 Å². The predicted molar refractivity (Wildman–Crippen MR) is 116 cm³/mol. The Morgan fingerprint density at radius 3 is 2.59 bits per heavy atom. The van der Waals surface area contributed by atoms with Crippen LogP contribution in [0.2, 0.25) is 0 Å². The molecule has 2 heterocycles. The largest absolute Gasteiger partial charge is 0.475 e. The van der Waals surface area contributed by atoms with Crippen LogP contribution in [0.3, 0.4) is 0 Å². The Morgan fingerprint density at radius 1 is 1.16 bits per heavy atom. The molecule has 0 aromatic carbocycles. The van der Waals surface area contributed by atoms with Crippen molar-refractivity contribution < 1.29 is 23.6 Å². The van der Waals surface area contributed by atoms with Crippen molar-refractivity contribution in [2.75, 3.05) is 25.6 Å². The smallest absolute Gasteiger partial charge is 0.227 e. The fourth-order valence-electron chi connectivity index (χ4n) is 3.84. The lowest BCUT2D eigenvalue weighted by Gasteiger charge is -2.30. The number of methoxy groups -OCH3 is 1. The van der Waals surface area contributed by atoms with Crippen LogP contribution in [0.5, 0.6) is 5.88 Å². The molecule has 0 atom stereocenters. The van der Waals surface area contributed by atoms with E-state index in [9.17, 15) is 9.59 Å². The summed E-state index contributed by atoms with van der Waals surface area (Å²) in [4.78, 5) is 32.8. The van der Waals surface area contributed by atoms with Crippen molar-refractivity contribution in [3.05, 3.63) is 30.0 Å². The average Bonchev–Trinajstić information content (AvgIpc) is 3.13. The molecule has 0 aliphatic heterocycles. The second kappa shape index (κ2) is 11.6. The minimum absolute atomic E-state index is 0.110. The predicted octanol–water partition coefficient (Wildman–Crippen LogP) is 2.75. The zero-order valence-corrected chi connectivity index (χ0v) is 18.7. The molecule has 174 valence electrons. The molecule has 0 unspecified atom stereocenters. The summed E-state index contributed by atoms with van der Waals surface area (Å²) < 4.78 is 15.7. The zero-order valence-electron chi connectivity index (χ0n) is 18.7. The van der Waals surface area contributed by atoms with Gasteiger partial charge in [-0.1, -0.05) is 30.8 Å². The number of carbonyl (C=O) groups is 2. The second-order valence-electron chi connectivity index (χ2n) is 7.96. The number of hydrogen-bond acceptors (Lipinski definition) is 8. The Kier molecular flexibility index (Phi) is 8.55. The number of pyridine rings is 1. The molecule has 2 N–H and O–H groups in total. The summed E-state index contributed by atoms with van der Waals surface area (Å²) in [5.41, 5.74) is -0.0196. The van der Waals surface area contributed by atoms with Gasteiger partial charge in [-0.05, 0) is 18.9 Å². The van der Waals surface area contributed by atoms with E-state index < -0.39 is 5.54 Å². The number of hydrogen-bond donors (Lipinski definition) is 2. The van der Waals surface area contributed by atoms with E-state index in [0.717, 1.165) is 38.5 Å². The van der Waals surface area contributed by atoms with Crippen molar-refractivity contribution in [3.8, 4) is 5.88 Å². The van der Waals surface area contributed by atoms with Gasteiger partial charge in [0.25, 0.3) is 0 Å². The van der Waals surface area contributed by atoms with E-state index >= 15 is 0 Å². The third kappa shape index (κ3) is 6.74. The fraction of sp³-hybridized carbons (Fsp3) is 0.591. The van der Waals surface area contributed by atoms with E-state index in [2.05, 4.69) is 25.8 Å². The van der Waals surface area contributed by atoms with E-state index in [0.29, 0.717) is 42.9 Å². The zero-order chi connectivity index (χ0) is 22.8. The SMILES string of the molecule is COCCOc1ccc(NC(=O)CCc2nc(C3(NC(C)=O)CCCCCC3)no2)cn1. The molecule has 2 aromatic rings. The molecule has 2 aromatic heterocycles. The molecule has 1 fully saturated rings. The standard InChI is InChI=1S/C22H31N5O5/c1-16(28)26-22(11-5-3-4-6-12-22)21-25-20(32-27-21)10-8-18(29)24-17-7-9-19(23-15-17)31-14-13-30-2/h7,9,15H,3-6,8,10-14H2,1-2H3,(H,24,29)(H,26,28). The molecule has 0 bridgehead atoms. The average molecular weight is 446 g/mol. The summed E-state index contributed by atoms with van der Waals surface area (Å²) in [5.74, 6) is 1.04. The number of aromatic nitrogens is 3. The summed E-state index contributed by atoms with van der Waals surface area (Å²) in [7, 11) is 1.60. The highest BCUT2D eigenvalue weighted by molar-refractivity contribution is 5.90. The van der Waals surface area contributed by atoms with Gasteiger partial charge in [0.15, 0.2) is 5.82 Å². The first-order chi connectivity index (χ1) is 15.5. The van der Waals surface area contributed by atoms with E-state index in [1.807, 2.05) is 0 Å². The minimum atomic E-state index is -0.592. The van der Waals surface area contributed by atoms with Gasteiger partial charge in [0.05, 0.1) is 18.5 Å². The highest BCUT2D eigenvalue weighted by Crippen LogP contribution is 2.34. The molecular weight excluding hydrogens is 414 g/mol. The highest BCUT2D eigenvalue weighted by Gasteiger charge is 2.38. The van der Waals surface area contributed by atoms with E-state index in [1.54, 1.807) is 19.2 Å². The Labute approximate surface area is 187 Å². The van der Waals surface area contributed by atoms with E-state index in [1.165, 1.54) is 13.1 Å². The van der Waals surface area contributed by atoms with Gasteiger partial charge < -0.3 is 24.6 Å². The molecule has 0 spiro atoms. The van der Waals surface area contributed by atoms with Gasteiger partial charge in [-0.25, -0.2) is 4.98 Å². The van der Waals surface area contributed by atoms with Crippen LogP contribution in [0.4, 0.5) is 5.69 Å². The molecule has 2 amide bonds.